The fourth-order valence-corrected chi connectivity index (χ4v) is 3.41. The van der Waals surface area contributed by atoms with Crippen molar-refractivity contribution >= 4 is 17.7 Å². The van der Waals surface area contributed by atoms with E-state index in [9.17, 15) is 14.4 Å². The first-order valence-corrected chi connectivity index (χ1v) is 10.0. The van der Waals surface area contributed by atoms with Crippen molar-refractivity contribution in [2.75, 3.05) is 13.7 Å². The quantitative estimate of drug-likeness (QED) is 0.430. The predicted octanol–water partition coefficient (Wildman–Crippen LogP) is 3.95. The summed E-state index contributed by atoms with van der Waals surface area (Å²) in [6, 6.07) is 17.9. The highest BCUT2D eigenvalue weighted by molar-refractivity contribution is 6.06. The van der Waals surface area contributed by atoms with E-state index in [4.69, 9.17) is 4.74 Å². The van der Waals surface area contributed by atoms with E-state index in [0.717, 1.165) is 17.0 Å². The van der Waals surface area contributed by atoms with Crippen LogP contribution in [0.2, 0.25) is 0 Å². The number of aryl methyl sites for hydroxylation is 1. The van der Waals surface area contributed by atoms with E-state index in [2.05, 4.69) is 0 Å². The summed E-state index contributed by atoms with van der Waals surface area (Å²) in [4.78, 5) is 39.7. The molecule has 0 unspecified atom stereocenters. The first kappa shape index (κ1) is 22.0. The van der Waals surface area contributed by atoms with Crippen molar-refractivity contribution in [2.45, 2.75) is 20.4 Å². The Bertz CT molecular complexity index is 1120. The van der Waals surface area contributed by atoms with E-state index in [0.29, 0.717) is 12.1 Å². The molecule has 0 N–H and O–H groups in total. The number of amides is 1. The average molecular weight is 418 g/mol. The number of nitrogens with zero attached hydrogens (tertiary/aromatic N) is 2. The van der Waals surface area contributed by atoms with E-state index < -0.39 is 5.97 Å². The number of carbonyl (C=O) groups is 3. The van der Waals surface area contributed by atoms with Crippen LogP contribution in [-0.4, -0.2) is 40.8 Å². The number of hydrogen-bond acceptors (Lipinski definition) is 4. The van der Waals surface area contributed by atoms with Crippen LogP contribution in [0.1, 0.15) is 48.0 Å². The molecule has 3 rings (SSSR count). The van der Waals surface area contributed by atoms with E-state index >= 15 is 0 Å². The van der Waals surface area contributed by atoms with E-state index in [1.807, 2.05) is 55.8 Å². The second kappa shape index (κ2) is 9.43. The molecule has 0 aliphatic carbocycles. The summed E-state index contributed by atoms with van der Waals surface area (Å²) >= 11 is 0. The van der Waals surface area contributed by atoms with Gasteiger partial charge in [0, 0.05) is 37.6 Å². The van der Waals surface area contributed by atoms with Crippen LogP contribution >= 0.6 is 0 Å². The fraction of sp³-hybridized carbons (Fsp3) is 0.240. The van der Waals surface area contributed by atoms with Gasteiger partial charge in [-0.15, -0.1) is 0 Å². The number of ketones is 1. The van der Waals surface area contributed by atoms with Gasteiger partial charge < -0.3 is 14.2 Å². The molecule has 0 fully saturated rings. The molecule has 0 bridgehead atoms. The Balaban J connectivity index is 1.71. The standard InChI is InChI=1S/C25H26N2O4/c1-17-14-22(18(2)27(17)4)23(28)16-31-25(30)21-13-9-8-12-20(21)24(29)26(3)15-19-10-6-5-7-11-19/h5-14H,15-16H2,1-4H3. The first-order valence-electron chi connectivity index (χ1n) is 10.0. The van der Waals surface area contributed by atoms with Crippen molar-refractivity contribution in [3.63, 3.8) is 0 Å². The number of benzene rings is 2. The molecule has 1 aromatic heterocycles. The monoisotopic (exact) mass is 418 g/mol. The van der Waals surface area contributed by atoms with Crippen LogP contribution in [0.4, 0.5) is 0 Å². The number of esters is 1. The largest absolute Gasteiger partial charge is 0.454 e. The molecule has 160 valence electrons. The van der Waals surface area contributed by atoms with Gasteiger partial charge in [-0.2, -0.15) is 0 Å². The lowest BCUT2D eigenvalue weighted by Gasteiger charge is -2.19. The van der Waals surface area contributed by atoms with Gasteiger partial charge in [0.1, 0.15) is 0 Å². The van der Waals surface area contributed by atoms with Gasteiger partial charge in [-0.25, -0.2) is 4.79 Å². The van der Waals surface area contributed by atoms with Gasteiger partial charge in [0.05, 0.1) is 11.1 Å². The molecular formula is C25H26N2O4. The molecule has 31 heavy (non-hydrogen) atoms. The number of hydrogen-bond donors (Lipinski definition) is 0. The molecule has 0 radical (unpaired) electrons. The van der Waals surface area contributed by atoms with Gasteiger partial charge in [0.15, 0.2) is 6.61 Å². The Hall–Kier alpha value is -3.67. The summed E-state index contributed by atoms with van der Waals surface area (Å²) in [5.41, 5.74) is 3.66. The summed E-state index contributed by atoms with van der Waals surface area (Å²) in [6.45, 7) is 3.78. The van der Waals surface area contributed by atoms with Gasteiger partial charge >= 0.3 is 5.97 Å². The third-order valence-corrected chi connectivity index (χ3v) is 5.40. The second-order valence-electron chi connectivity index (χ2n) is 7.54. The lowest BCUT2D eigenvalue weighted by atomic mass is 10.1. The average Bonchev–Trinajstić information content (AvgIpc) is 3.04. The molecule has 0 aliphatic rings. The maximum Gasteiger partial charge on any atom is 0.339 e. The second-order valence-corrected chi connectivity index (χ2v) is 7.54. The third-order valence-electron chi connectivity index (χ3n) is 5.40. The predicted molar refractivity (Wildman–Crippen MR) is 118 cm³/mol. The van der Waals surface area contributed by atoms with Gasteiger partial charge in [-0.05, 0) is 37.6 Å². The normalized spacial score (nSPS) is 10.6. The van der Waals surface area contributed by atoms with Crippen molar-refractivity contribution < 1.29 is 19.1 Å². The highest BCUT2D eigenvalue weighted by Crippen LogP contribution is 2.17. The number of Topliss-reactive ketones (excluding diaryl/α,β-unsaturated/α-hetero) is 1. The Kier molecular flexibility index (Phi) is 6.70. The van der Waals surface area contributed by atoms with Gasteiger partial charge in [-0.1, -0.05) is 42.5 Å². The van der Waals surface area contributed by atoms with E-state index in [1.54, 1.807) is 36.2 Å². The molecule has 1 heterocycles. The Morgan fingerprint density at radius 2 is 1.52 bits per heavy atom. The van der Waals surface area contributed by atoms with Crippen molar-refractivity contribution in [3.05, 3.63) is 94.3 Å². The van der Waals surface area contributed by atoms with Crippen LogP contribution in [0.15, 0.2) is 60.7 Å². The first-order chi connectivity index (χ1) is 14.8. The number of rotatable bonds is 7. The van der Waals surface area contributed by atoms with Gasteiger partial charge in [0.2, 0.25) is 5.78 Å². The zero-order valence-corrected chi connectivity index (χ0v) is 18.2. The van der Waals surface area contributed by atoms with E-state index in [1.165, 1.54) is 6.07 Å². The smallest absolute Gasteiger partial charge is 0.339 e. The van der Waals surface area contributed by atoms with E-state index in [-0.39, 0.29) is 29.4 Å². The SMILES string of the molecule is Cc1cc(C(=O)COC(=O)c2ccccc2C(=O)N(C)Cc2ccccc2)c(C)n1C. The van der Waals surface area contributed by atoms with Crippen LogP contribution in [0, 0.1) is 13.8 Å². The molecule has 2 aromatic carbocycles. The minimum Gasteiger partial charge on any atom is -0.454 e. The lowest BCUT2D eigenvalue weighted by Crippen LogP contribution is -2.28. The van der Waals surface area contributed by atoms with Crippen LogP contribution in [0.25, 0.3) is 0 Å². The van der Waals surface area contributed by atoms with Gasteiger partial charge in [-0.3, -0.25) is 9.59 Å². The summed E-state index contributed by atoms with van der Waals surface area (Å²) in [6.07, 6.45) is 0. The minimum absolute atomic E-state index is 0.140. The van der Waals surface area contributed by atoms with Crippen molar-refractivity contribution in [1.29, 1.82) is 0 Å². The van der Waals surface area contributed by atoms with Crippen molar-refractivity contribution in [3.8, 4) is 0 Å². The fourth-order valence-electron chi connectivity index (χ4n) is 3.41. The number of ether oxygens (including phenoxy) is 1. The Labute approximate surface area is 182 Å². The summed E-state index contributed by atoms with van der Waals surface area (Å²) < 4.78 is 7.18. The molecule has 0 atom stereocenters. The highest BCUT2D eigenvalue weighted by atomic mass is 16.5. The van der Waals surface area contributed by atoms with Crippen molar-refractivity contribution in [1.82, 2.24) is 9.47 Å². The summed E-state index contributed by atoms with van der Waals surface area (Å²) in [5.74, 6) is -1.27. The maximum absolute atomic E-state index is 13.0. The van der Waals surface area contributed by atoms with Crippen LogP contribution in [-0.2, 0) is 18.3 Å². The Morgan fingerprint density at radius 3 is 2.13 bits per heavy atom. The molecule has 1 amide bonds. The third kappa shape index (κ3) is 4.91. The molecule has 0 saturated carbocycles. The van der Waals surface area contributed by atoms with Crippen LogP contribution in [0.3, 0.4) is 0 Å². The zero-order valence-electron chi connectivity index (χ0n) is 18.2. The van der Waals surface area contributed by atoms with Crippen LogP contribution < -0.4 is 0 Å². The summed E-state index contributed by atoms with van der Waals surface area (Å²) in [5, 5.41) is 0. The molecule has 6 nitrogen and oxygen atoms in total. The number of carbonyl (C=O) groups excluding carboxylic acids is 3. The molecule has 0 saturated heterocycles. The number of aromatic nitrogens is 1. The zero-order chi connectivity index (χ0) is 22.5. The summed E-state index contributed by atoms with van der Waals surface area (Å²) in [7, 11) is 3.56. The minimum atomic E-state index is -0.698. The van der Waals surface area contributed by atoms with Crippen LogP contribution in [0.5, 0.6) is 0 Å². The topological polar surface area (TPSA) is 68.6 Å². The highest BCUT2D eigenvalue weighted by Gasteiger charge is 2.22. The van der Waals surface area contributed by atoms with Crippen molar-refractivity contribution in [2.24, 2.45) is 7.05 Å². The molecule has 0 spiro atoms. The molecular weight excluding hydrogens is 392 g/mol. The molecule has 6 heteroatoms. The lowest BCUT2D eigenvalue weighted by molar-refractivity contribution is 0.0470. The molecule has 3 aromatic rings. The van der Waals surface area contributed by atoms with Gasteiger partial charge in [0.25, 0.3) is 5.91 Å². The maximum atomic E-state index is 13.0. The Morgan fingerprint density at radius 1 is 0.903 bits per heavy atom. The molecule has 0 aliphatic heterocycles.